The van der Waals surface area contributed by atoms with Crippen LogP contribution in [-0.2, 0) is 18.9 Å². The van der Waals surface area contributed by atoms with E-state index in [1.54, 1.807) is 23.2 Å². The van der Waals surface area contributed by atoms with Crippen LogP contribution >= 0.6 is 0 Å². The minimum absolute atomic E-state index is 0.0571. The first-order valence-corrected chi connectivity index (χ1v) is 6.86. The second-order valence-corrected chi connectivity index (χ2v) is 5.69. The van der Waals surface area contributed by atoms with Gasteiger partial charge in [0.05, 0.1) is 17.5 Å². The summed E-state index contributed by atoms with van der Waals surface area (Å²) in [6.07, 6.45) is 2.37. The Morgan fingerprint density at radius 1 is 1.30 bits per heavy atom. The summed E-state index contributed by atoms with van der Waals surface area (Å²) < 4.78 is 3.23. The first-order valence-electron chi connectivity index (χ1n) is 6.86. The van der Waals surface area contributed by atoms with Gasteiger partial charge in [0, 0.05) is 14.1 Å². The number of carboxylic acids is 1. The third-order valence-electron chi connectivity index (χ3n) is 4.31. The molecule has 20 heavy (non-hydrogen) atoms. The summed E-state index contributed by atoms with van der Waals surface area (Å²) in [6.45, 7) is 0. The molecule has 1 aromatic heterocycles. The number of hydrogen-bond donors (Lipinski definition) is 1. The average Bonchev–Trinajstić information content (AvgIpc) is 3.23. The van der Waals surface area contributed by atoms with Crippen LogP contribution in [0, 0.1) is 5.92 Å². The molecule has 2 aromatic rings. The Morgan fingerprint density at radius 3 is 2.55 bits per heavy atom. The fourth-order valence-electron chi connectivity index (χ4n) is 3.00. The molecule has 1 fully saturated rings. The van der Waals surface area contributed by atoms with Crippen LogP contribution in [0.4, 0.5) is 0 Å². The van der Waals surface area contributed by atoms with Crippen LogP contribution < -0.4 is 5.69 Å². The summed E-state index contributed by atoms with van der Waals surface area (Å²) in [6, 6.07) is 5.86. The lowest BCUT2D eigenvalue weighted by Crippen LogP contribution is -2.19. The highest BCUT2D eigenvalue weighted by Gasteiger charge is 2.34. The van der Waals surface area contributed by atoms with Crippen molar-refractivity contribution in [3.05, 3.63) is 34.2 Å². The lowest BCUT2D eigenvalue weighted by atomic mass is 9.91. The monoisotopic (exact) mass is 274 g/mol. The van der Waals surface area contributed by atoms with E-state index in [9.17, 15) is 9.59 Å². The number of aliphatic carboxylic acids is 1. The fraction of sp³-hybridized carbons (Fsp3) is 0.467. The molecule has 0 saturated heterocycles. The first-order chi connectivity index (χ1) is 9.49. The Hall–Kier alpha value is -2.04. The van der Waals surface area contributed by atoms with E-state index in [1.165, 1.54) is 0 Å². The molecule has 5 nitrogen and oxygen atoms in total. The second-order valence-electron chi connectivity index (χ2n) is 5.69. The van der Waals surface area contributed by atoms with Crippen molar-refractivity contribution in [2.75, 3.05) is 0 Å². The summed E-state index contributed by atoms with van der Waals surface area (Å²) in [5.74, 6) is -0.222. The van der Waals surface area contributed by atoms with E-state index >= 15 is 0 Å². The minimum atomic E-state index is -0.760. The molecule has 0 spiro atoms. The molecule has 5 heteroatoms. The molecule has 0 radical (unpaired) electrons. The Kier molecular flexibility index (Phi) is 2.92. The van der Waals surface area contributed by atoms with Gasteiger partial charge in [0.2, 0.25) is 0 Å². The molecule has 1 atom stereocenters. The van der Waals surface area contributed by atoms with E-state index in [0.717, 1.165) is 29.4 Å². The Labute approximate surface area is 116 Å². The van der Waals surface area contributed by atoms with E-state index < -0.39 is 5.97 Å². The van der Waals surface area contributed by atoms with Crippen molar-refractivity contribution in [3.8, 4) is 0 Å². The molecule has 3 rings (SSSR count). The molecule has 0 amide bonds. The van der Waals surface area contributed by atoms with Crippen molar-refractivity contribution in [2.24, 2.45) is 20.0 Å². The molecule has 106 valence electrons. The van der Waals surface area contributed by atoms with Gasteiger partial charge in [-0.3, -0.25) is 13.9 Å². The topological polar surface area (TPSA) is 64.2 Å². The van der Waals surface area contributed by atoms with E-state index in [4.69, 9.17) is 5.11 Å². The number of aromatic nitrogens is 2. The lowest BCUT2D eigenvalue weighted by molar-refractivity contribution is -0.137. The van der Waals surface area contributed by atoms with Gasteiger partial charge in [-0.25, -0.2) is 4.79 Å². The number of imidazole rings is 1. The SMILES string of the molecule is Cn1c(=O)n(C)c2cc(C(CC(=O)O)C3CC3)ccc21. The van der Waals surface area contributed by atoms with Crippen molar-refractivity contribution >= 4 is 17.0 Å². The van der Waals surface area contributed by atoms with E-state index in [-0.39, 0.29) is 18.0 Å². The number of carboxylic acid groups (broad SMARTS) is 1. The molecule has 1 N–H and O–H groups in total. The number of aryl methyl sites for hydroxylation is 2. The molecule has 1 aromatic carbocycles. The maximum absolute atomic E-state index is 11.9. The molecular formula is C15H18N2O3. The lowest BCUT2D eigenvalue weighted by Gasteiger charge is -2.14. The van der Waals surface area contributed by atoms with Crippen molar-refractivity contribution in [1.82, 2.24) is 9.13 Å². The van der Waals surface area contributed by atoms with Gasteiger partial charge in [-0.1, -0.05) is 6.07 Å². The summed E-state index contributed by atoms with van der Waals surface area (Å²) in [5, 5.41) is 9.08. The largest absolute Gasteiger partial charge is 0.481 e. The zero-order valence-electron chi connectivity index (χ0n) is 11.7. The van der Waals surface area contributed by atoms with Gasteiger partial charge in [-0.15, -0.1) is 0 Å². The Morgan fingerprint density at radius 2 is 1.95 bits per heavy atom. The predicted octanol–water partition coefficient (Wildman–Crippen LogP) is 1.85. The van der Waals surface area contributed by atoms with E-state index in [1.807, 2.05) is 18.2 Å². The normalized spacial score (nSPS) is 16.5. The molecule has 1 unspecified atom stereocenters. The van der Waals surface area contributed by atoms with Crippen LogP contribution in [0.1, 0.15) is 30.7 Å². The molecule has 1 aliphatic carbocycles. The van der Waals surface area contributed by atoms with Crippen molar-refractivity contribution in [1.29, 1.82) is 0 Å². The Bertz CT molecular complexity index is 737. The summed E-state index contributed by atoms with van der Waals surface area (Å²) in [7, 11) is 3.50. The molecule has 1 heterocycles. The quantitative estimate of drug-likeness (QED) is 0.925. The van der Waals surface area contributed by atoms with Gasteiger partial charge in [0.15, 0.2) is 0 Å². The van der Waals surface area contributed by atoms with E-state index in [2.05, 4.69) is 0 Å². The maximum Gasteiger partial charge on any atom is 0.328 e. The van der Waals surface area contributed by atoms with Crippen molar-refractivity contribution in [3.63, 3.8) is 0 Å². The zero-order valence-corrected chi connectivity index (χ0v) is 11.7. The van der Waals surface area contributed by atoms with Gasteiger partial charge in [0.25, 0.3) is 0 Å². The molecular weight excluding hydrogens is 256 g/mol. The standard InChI is InChI=1S/C15H18N2O3/c1-16-12-6-5-10(7-13(12)17(2)15(16)20)11(8-14(18)19)9-3-4-9/h5-7,9,11H,3-4,8H2,1-2H3,(H,18,19). The number of hydrogen-bond acceptors (Lipinski definition) is 2. The predicted molar refractivity (Wildman–Crippen MR) is 75.9 cm³/mol. The third-order valence-corrected chi connectivity index (χ3v) is 4.31. The van der Waals surface area contributed by atoms with E-state index in [0.29, 0.717) is 5.92 Å². The molecule has 0 bridgehead atoms. The van der Waals surface area contributed by atoms with Gasteiger partial charge >= 0.3 is 11.7 Å². The first kappa shape index (κ1) is 13.0. The van der Waals surface area contributed by atoms with Gasteiger partial charge in [-0.05, 0) is 42.4 Å². The number of rotatable bonds is 4. The number of benzene rings is 1. The van der Waals surface area contributed by atoms with Crippen molar-refractivity contribution in [2.45, 2.75) is 25.2 Å². The highest BCUT2D eigenvalue weighted by atomic mass is 16.4. The minimum Gasteiger partial charge on any atom is -0.481 e. The maximum atomic E-state index is 11.9. The average molecular weight is 274 g/mol. The van der Waals surface area contributed by atoms with Crippen molar-refractivity contribution < 1.29 is 9.90 Å². The smallest absolute Gasteiger partial charge is 0.328 e. The fourth-order valence-corrected chi connectivity index (χ4v) is 3.00. The number of carbonyl (C=O) groups is 1. The van der Waals surface area contributed by atoms with Crippen LogP contribution in [0.2, 0.25) is 0 Å². The Balaban J connectivity index is 2.09. The second kappa shape index (κ2) is 4.51. The molecule has 1 aliphatic rings. The van der Waals surface area contributed by atoms with Gasteiger partial charge in [0.1, 0.15) is 0 Å². The summed E-state index contributed by atoms with van der Waals surface area (Å²) in [5.41, 5.74) is 2.72. The number of fused-ring (bicyclic) bond motifs is 1. The highest BCUT2D eigenvalue weighted by Crippen LogP contribution is 2.44. The van der Waals surface area contributed by atoms with Gasteiger partial charge < -0.3 is 5.11 Å². The number of nitrogens with zero attached hydrogens (tertiary/aromatic N) is 2. The molecule has 0 aliphatic heterocycles. The zero-order chi connectivity index (χ0) is 14.4. The van der Waals surface area contributed by atoms with Crippen LogP contribution in [0.25, 0.3) is 11.0 Å². The summed E-state index contributed by atoms with van der Waals surface area (Å²) >= 11 is 0. The van der Waals surface area contributed by atoms with Crippen LogP contribution in [0.5, 0.6) is 0 Å². The summed E-state index contributed by atoms with van der Waals surface area (Å²) in [4.78, 5) is 23.0. The van der Waals surface area contributed by atoms with Crippen LogP contribution in [0.15, 0.2) is 23.0 Å². The van der Waals surface area contributed by atoms with Crippen LogP contribution in [0.3, 0.4) is 0 Å². The third kappa shape index (κ3) is 2.03. The highest BCUT2D eigenvalue weighted by molar-refractivity contribution is 5.77. The van der Waals surface area contributed by atoms with Gasteiger partial charge in [-0.2, -0.15) is 0 Å². The van der Waals surface area contributed by atoms with Crippen LogP contribution in [-0.4, -0.2) is 20.2 Å². The molecule has 1 saturated carbocycles.